The summed E-state index contributed by atoms with van der Waals surface area (Å²) >= 11 is 0. The minimum atomic E-state index is -0.654. The summed E-state index contributed by atoms with van der Waals surface area (Å²) in [6, 6.07) is 22.7. The highest BCUT2D eigenvalue weighted by Crippen LogP contribution is 2.39. The van der Waals surface area contributed by atoms with Gasteiger partial charge in [0.1, 0.15) is 18.5 Å². The van der Waals surface area contributed by atoms with Gasteiger partial charge in [-0.1, -0.05) is 71.8 Å². The lowest BCUT2D eigenvalue weighted by Crippen LogP contribution is -2.30. The molecule has 0 saturated carbocycles. The molecule has 8 heteroatoms. The van der Waals surface area contributed by atoms with Crippen molar-refractivity contribution in [2.24, 2.45) is 0 Å². The van der Waals surface area contributed by atoms with Gasteiger partial charge in [-0.05, 0) is 51.7 Å². The van der Waals surface area contributed by atoms with Gasteiger partial charge in [0.2, 0.25) is 5.95 Å². The first-order valence-corrected chi connectivity index (χ1v) is 10.4. The molecule has 1 N–H and O–H groups in total. The number of anilines is 1. The van der Waals surface area contributed by atoms with Crippen molar-refractivity contribution in [1.29, 1.82) is 0 Å². The Bertz CT molecular complexity index is 1350. The lowest BCUT2D eigenvalue weighted by molar-refractivity contribution is -0.140. The van der Waals surface area contributed by atoms with Crippen molar-refractivity contribution < 1.29 is 13.9 Å². The number of aromatic nitrogens is 4. The van der Waals surface area contributed by atoms with E-state index in [1.54, 1.807) is 17.7 Å². The lowest BCUT2D eigenvalue weighted by atomic mass is 9.89. The molecule has 1 aromatic heterocycles. The van der Waals surface area contributed by atoms with Crippen molar-refractivity contribution in [3.63, 3.8) is 0 Å². The van der Waals surface area contributed by atoms with Gasteiger partial charge >= 0.3 is 5.97 Å². The highest BCUT2D eigenvalue weighted by molar-refractivity contribution is 5.93. The van der Waals surface area contributed by atoms with Gasteiger partial charge in [0, 0.05) is 5.70 Å². The van der Waals surface area contributed by atoms with Crippen LogP contribution >= 0.6 is 0 Å². The smallest absolute Gasteiger partial charge is 0.338 e. The molecule has 7 nitrogen and oxygen atoms in total. The minimum Gasteiger partial charge on any atom is -0.457 e. The zero-order valence-electron chi connectivity index (χ0n) is 17.8. The van der Waals surface area contributed by atoms with Crippen LogP contribution in [0.25, 0.3) is 11.1 Å². The summed E-state index contributed by atoms with van der Waals surface area (Å²) in [5, 5.41) is 15.0. The van der Waals surface area contributed by atoms with Crippen LogP contribution in [0.15, 0.2) is 90.1 Å². The maximum absolute atomic E-state index is 14.0. The van der Waals surface area contributed by atoms with E-state index in [0.29, 0.717) is 22.8 Å². The van der Waals surface area contributed by atoms with Crippen molar-refractivity contribution >= 4 is 11.9 Å². The van der Waals surface area contributed by atoms with Crippen LogP contribution in [0.3, 0.4) is 0 Å². The molecule has 0 fully saturated rings. The monoisotopic (exact) mass is 441 g/mol. The third-order valence-corrected chi connectivity index (χ3v) is 5.54. The fourth-order valence-corrected chi connectivity index (χ4v) is 4.02. The van der Waals surface area contributed by atoms with Crippen LogP contribution in [-0.2, 0) is 16.1 Å². The summed E-state index contributed by atoms with van der Waals surface area (Å²) in [7, 11) is 0. The Kier molecular flexibility index (Phi) is 5.40. The molecule has 3 aromatic carbocycles. The number of allylic oxidation sites excluding steroid dienone is 1. The van der Waals surface area contributed by atoms with E-state index >= 15 is 0 Å². The van der Waals surface area contributed by atoms with Gasteiger partial charge < -0.3 is 10.1 Å². The molecular formula is C25H20FN5O2. The SMILES string of the molecule is CC1=C(C(=O)OCc2ccccc2)[C@@H](c2ccccc2-c2cccc(F)c2)n2nnnc2N1. The van der Waals surface area contributed by atoms with E-state index in [-0.39, 0.29) is 12.4 Å². The van der Waals surface area contributed by atoms with E-state index in [9.17, 15) is 9.18 Å². The van der Waals surface area contributed by atoms with E-state index in [0.717, 1.165) is 16.7 Å². The van der Waals surface area contributed by atoms with Crippen molar-refractivity contribution in [1.82, 2.24) is 20.2 Å². The molecule has 2 heterocycles. The topological polar surface area (TPSA) is 81.9 Å². The second-order valence-electron chi connectivity index (χ2n) is 7.67. The Morgan fingerprint density at radius 1 is 1.06 bits per heavy atom. The number of halogens is 1. The molecular weight excluding hydrogens is 421 g/mol. The van der Waals surface area contributed by atoms with Gasteiger partial charge in [-0.25, -0.2) is 9.18 Å². The summed E-state index contributed by atoms with van der Waals surface area (Å²) in [5.41, 5.74) is 4.07. The number of esters is 1. The van der Waals surface area contributed by atoms with Crippen molar-refractivity contribution in [2.45, 2.75) is 19.6 Å². The standard InChI is InChI=1S/C25H20FN5O2/c1-16-22(24(32)33-15-17-8-3-2-4-9-17)23(31-25(27-16)28-29-30-31)21-13-6-5-12-20(21)18-10-7-11-19(26)14-18/h2-14,23H,15H2,1H3,(H,27,28,30)/t23-/m1/s1. The summed E-state index contributed by atoms with van der Waals surface area (Å²) in [4.78, 5) is 13.3. The average molecular weight is 441 g/mol. The highest BCUT2D eigenvalue weighted by atomic mass is 19.1. The normalized spacial score (nSPS) is 15.0. The molecule has 5 rings (SSSR count). The largest absolute Gasteiger partial charge is 0.457 e. The molecule has 33 heavy (non-hydrogen) atoms. The number of hydrogen-bond acceptors (Lipinski definition) is 6. The number of tetrazole rings is 1. The second-order valence-corrected chi connectivity index (χ2v) is 7.67. The molecule has 1 atom stereocenters. The number of benzene rings is 3. The molecule has 1 aliphatic heterocycles. The summed E-state index contributed by atoms with van der Waals surface area (Å²) in [6.07, 6.45) is 0. The Hall–Kier alpha value is -4.33. The first-order chi connectivity index (χ1) is 16.1. The number of nitrogens with zero attached hydrogens (tertiary/aromatic N) is 4. The molecule has 0 aliphatic carbocycles. The summed E-state index contributed by atoms with van der Waals surface area (Å²) in [5.74, 6) is -0.417. The maximum atomic E-state index is 14.0. The van der Waals surface area contributed by atoms with E-state index in [4.69, 9.17) is 4.74 Å². The number of hydrogen-bond donors (Lipinski definition) is 1. The number of rotatable bonds is 5. The van der Waals surface area contributed by atoms with E-state index < -0.39 is 12.0 Å². The van der Waals surface area contributed by atoms with Crippen LogP contribution < -0.4 is 5.32 Å². The van der Waals surface area contributed by atoms with Crippen LogP contribution in [0.5, 0.6) is 0 Å². The molecule has 4 aromatic rings. The number of carbonyl (C=O) groups excluding carboxylic acids is 1. The highest BCUT2D eigenvalue weighted by Gasteiger charge is 2.36. The quantitative estimate of drug-likeness (QED) is 0.459. The average Bonchev–Trinajstić information content (AvgIpc) is 3.30. The predicted octanol–water partition coefficient (Wildman–Crippen LogP) is 4.51. The van der Waals surface area contributed by atoms with Crippen LogP contribution in [0, 0.1) is 5.82 Å². The van der Waals surface area contributed by atoms with Gasteiger partial charge in [0.05, 0.1) is 5.57 Å². The summed E-state index contributed by atoms with van der Waals surface area (Å²) < 4.78 is 21.2. The maximum Gasteiger partial charge on any atom is 0.338 e. The molecule has 164 valence electrons. The third-order valence-electron chi connectivity index (χ3n) is 5.54. The molecule has 1 aliphatic rings. The zero-order valence-corrected chi connectivity index (χ0v) is 17.8. The van der Waals surface area contributed by atoms with Gasteiger partial charge in [0.25, 0.3) is 0 Å². The third kappa shape index (κ3) is 3.98. The van der Waals surface area contributed by atoms with Crippen molar-refractivity contribution in [3.8, 4) is 11.1 Å². The summed E-state index contributed by atoms with van der Waals surface area (Å²) in [6.45, 7) is 1.92. The molecule has 0 radical (unpaired) electrons. The Morgan fingerprint density at radius 3 is 2.67 bits per heavy atom. The Morgan fingerprint density at radius 2 is 1.85 bits per heavy atom. The van der Waals surface area contributed by atoms with Gasteiger partial charge in [-0.2, -0.15) is 4.68 Å². The molecule has 0 amide bonds. The predicted molar refractivity (Wildman–Crippen MR) is 120 cm³/mol. The van der Waals surface area contributed by atoms with Crippen LogP contribution in [-0.4, -0.2) is 26.2 Å². The van der Waals surface area contributed by atoms with E-state index in [2.05, 4.69) is 20.8 Å². The van der Waals surface area contributed by atoms with Crippen molar-refractivity contribution in [3.05, 3.63) is 107 Å². The second kappa shape index (κ2) is 8.66. The molecule has 0 bridgehead atoms. The lowest BCUT2D eigenvalue weighted by Gasteiger charge is -2.29. The first-order valence-electron chi connectivity index (χ1n) is 10.4. The fraction of sp³-hybridized carbons (Fsp3) is 0.120. The molecule has 0 unspecified atom stereocenters. The number of ether oxygens (including phenoxy) is 1. The van der Waals surface area contributed by atoms with Gasteiger partial charge in [-0.15, -0.1) is 0 Å². The van der Waals surface area contributed by atoms with Gasteiger partial charge in [0.15, 0.2) is 0 Å². The van der Waals surface area contributed by atoms with E-state index in [1.165, 1.54) is 12.1 Å². The van der Waals surface area contributed by atoms with Crippen LogP contribution in [0.1, 0.15) is 24.1 Å². The molecule has 0 saturated heterocycles. The minimum absolute atomic E-state index is 0.136. The molecule has 0 spiro atoms. The van der Waals surface area contributed by atoms with E-state index in [1.807, 2.05) is 60.7 Å². The van der Waals surface area contributed by atoms with Crippen molar-refractivity contribution in [2.75, 3.05) is 5.32 Å². The number of carbonyl (C=O) groups is 1. The number of fused-ring (bicyclic) bond motifs is 1. The number of nitrogens with one attached hydrogen (secondary N) is 1. The fourth-order valence-electron chi connectivity index (χ4n) is 4.02. The van der Waals surface area contributed by atoms with Crippen LogP contribution in [0.2, 0.25) is 0 Å². The Balaban J connectivity index is 1.58. The van der Waals surface area contributed by atoms with Crippen LogP contribution in [0.4, 0.5) is 10.3 Å². The first kappa shape index (κ1) is 20.6. The van der Waals surface area contributed by atoms with Gasteiger partial charge in [-0.3, -0.25) is 0 Å². The Labute approximate surface area is 189 Å². The zero-order chi connectivity index (χ0) is 22.8.